The number of hydrogen-bond acceptors (Lipinski definition) is 3. The molecule has 6 nitrogen and oxygen atoms in total. The lowest BCUT2D eigenvalue weighted by Gasteiger charge is -2.29. The van der Waals surface area contributed by atoms with Gasteiger partial charge in [-0.15, -0.1) is 0 Å². The second-order valence-electron chi connectivity index (χ2n) is 6.91. The van der Waals surface area contributed by atoms with Crippen LogP contribution >= 0.6 is 0 Å². The van der Waals surface area contributed by atoms with Crippen LogP contribution in [0, 0.1) is 25.7 Å². The Labute approximate surface area is 148 Å². The van der Waals surface area contributed by atoms with Crippen molar-refractivity contribution in [1.82, 2.24) is 4.90 Å². The number of carbonyl (C=O) groups excluding carboxylic acids is 2. The molecule has 2 unspecified atom stereocenters. The lowest BCUT2D eigenvalue weighted by molar-refractivity contribution is -0.145. The number of carboxylic acid groups (broad SMARTS) is 1. The van der Waals surface area contributed by atoms with Gasteiger partial charge in [-0.2, -0.15) is 0 Å². The van der Waals surface area contributed by atoms with Gasteiger partial charge in [0, 0.05) is 18.7 Å². The summed E-state index contributed by atoms with van der Waals surface area (Å²) in [5, 5.41) is 12.0. The van der Waals surface area contributed by atoms with E-state index in [2.05, 4.69) is 5.32 Å². The molecule has 0 radical (unpaired) electrons. The number of nitrogens with zero attached hydrogens (tertiary/aromatic N) is 1. The van der Waals surface area contributed by atoms with E-state index in [1.807, 2.05) is 32.0 Å². The van der Waals surface area contributed by atoms with E-state index in [9.17, 15) is 14.4 Å². The number of aliphatic carboxylic acids is 1. The van der Waals surface area contributed by atoms with Crippen LogP contribution in [0.3, 0.4) is 0 Å². The van der Waals surface area contributed by atoms with Crippen molar-refractivity contribution in [3.8, 4) is 0 Å². The van der Waals surface area contributed by atoms with E-state index >= 15 is 0 Å². The molecule has 6 heteroatoms. The molecular formula is C19H26N2O4. The monoisotopic (exact) mass is 346 g/mol. The summed E-state index contributed by atoms with van der Waals surface area (Å²) in [7, 11) is 1.59. The minimum atomic E-state index is -0.840. The van der Waals surface area contributed by atoms with Crippen LogP contribution in [0.5, 0.6) is 0 Å². The number of carbonyl (C=O) groups is 3. The predicted octanol–water partition coefficient (Wildman–Crippen LogP) is 2.59. The van der Waals surface area contributed by atoms with Gasteiger partial charge in [0.25, 0.3) is 0 Å². The number of hydrogen-bond donors (Lipinski definition) is 2. The molecule has 2 atom stereocenters. The highest BCUT2D eigenvalue weighted by Gasteiger charge is 2.32. The first-order valence-corrected chi connectivity index (χ1v) is 8.63. The molecule has 2 rings (SSSR count). The quantitative estimate of drug-likeness (QED) is 0.858. The fourth-order valence-electron chi connectivity index (χ4n) is 3.43. The van der Waals surface area contributed by atoms with E-state index in [-0.39, 0.29) is 24.3 Å². The van der Waals surface area contributed by atoms with Crippen molar-refractivity contribution in [2.45, 2.75) is 39.5 Å². The molecule has 2 N–H and O–H groups in total. The Balaban J connectivity index is 1.94. The standard InChI is InChI=1S/C19H26N2O4/c1-12-6-4-7-13(2)17(12)20-16(22)11-21(3)18(23)14-8-5-9-15(10-14)19(24)25/h4,6-7,14-15H,5,8-11H2,1-3H3,(H,20,22)(H,24,25). The summed E-state index contributed by atoms with van der Waals surface area (Å²) in [5.74, 6) is -2.01. The van der Waals surface area contributed by atoms with Gasteiger partial charge in [-0.05, 0) is 44.2 Å². The third-order valence-electron chi connectivity index (χ3n) is 4.88. The van der Waals surface area contributed by atoms with Crippen molar-refractivity contribution in [3.63, 3.8) is 0 Å². The van der Waals surface area contributed by atoms with Crippen LogP contribution in [0.4, 0.5) is 5.69 Å². The topological polar surface area (TPSA) is 86.7 Å². The molecule has 1 saturated carbocycles. The number of carboxylic acids is 1. The average Bonchev–Trinajstić information content (AvgIpc) is 2.57. The first-order valence-electron chi connectivity index (χ1n) is 8.63. The van der Waals surface area contributed by atoms with E-state index in [1.54, 1.807) is 7.05 Å². The highest BCUT2D eigenvalue weighted by Crippen LogP contribution is 2.30. The molecule has 1 fully saturated rings. The van der Waals surface area contributed by atoms with Crippen LogP contribution in [0.15, 0.2) is 18.2 Å². The molecular weight excluding hydrogens is 320 g/mol. The fourth-order valence-corrected chi connectivity index (χ4v) is 3.43. The molecule has 0 saturated heterocycles. The van der Waals surface area contributed by atoms with Crippen LogP contribution < -0.4 is 5.32 Å². The number of rotatable bonds is 5. The summed E-state index contributed by atoms with van der Waals surface area (Å²) in [6.07, 6.45) is 2.40. The van der Waals surface area contributed by atoms with Gasteiger partial charge in [0.2, 0.25) is 11.8 Å². The predicted molar refractivity (Wildman–Crippen MR) is 95.3 cm³/mol. The number of para-hydroxylation sites is 1. The maximum atomic E-state index is 12.5. The van der Waals surface area contributed by atoms with Gasteiger partial charge in [-0.1, -0.05) is 24.6 Å². The van der Waals surface area contributed by atoms with Gasteiger partial charge < -0.3 is 15.3 Å². The normalized spacial score (nSPS) is 20.0. The minimum Gasteiger partial charge on any atom is -0.481 e. The minimum absolute atomic E-state index is 0.0408. The molecule has 25 heavy (non-hydrogen) atoms. The molecule has 1 aliphatic carbocycles. The molecule has 1 aliphatic rings. The number of aryl methyl sites for hydroxylation is 2. The van der Waals surface area contributed by atoms with Gasteiger partial charge in [0.05, 0.1) is 12.5 Å². The van der Waals surface area contributed by atoms with E-state index in [0.29, 0.717) is 19.3 Å². The fraction of sp³-hybridized carbons (Fsp3) is 0.526. The molecule has 0 aliphatic heterocycles. The van der Waals surface area contributed by atoms with Crippen molar-refractivity contribution in [3.05, 3.63) is 29.3 Å². The summed E-state index contributed by atoms with van der Waals surface area (Å²) in [4.78, 5) is 37.4. The largest absolute Gasteiger partial charge is 0.481 e. The lowest BCUT2D eigenvalue weighted by atomic mass is 9.81. The van der Waals surface area contributed by atoms with E-state index in [1.165, 1.54) is 4.90 Å². The van der Waals surface area contributed by atoms with Crippen LogP contribution in [0.1, 0.15) is 36.8 Å². The summed E-state index contributed by atoms with van der Waals surface area (Å²) in [5.41, 5.74) is 2.72. The second kappa shape index (κ2) is 8.14. The summed E-state index contributed by atoms with van der Waals surface area (Å²) < 4.78 is 0. The zero-order valence-corrected chi connectivity index (χ0v) is 15.0. The van der Waals surface area contributed by atoms with Crippen molar-refractivity contribution in [2.24, 2.45) is 11.8 Å². The van der Waals surface area contributed by atoms with Gasteiger partial charge in [0.1, 0.15) is 0 Å². The van der Waals surface area contributed by atoms with Crippen LogP contribution in [0.2, 0.25) is 0 Å². The molecule has 1 aromatic rings. The third kappa shape index (κ3) is 4.81. The highest BCUT2D eigenvalue weighted by atomic mass is 16.4. The van der Waals surface area contributed by atoms with Crippen molar-refractivity contribution in [1.29, 1.82) is 0 Å². The first-order chi connectivity index (χ1) is 11.8. The Morgan fingerprint density at radius 3 is 2.36 bits per heavy atom. The molecule has 1 aromatic carbocycles. The van der Waals surface area contributed by atoms with Crippen LogP contribution in [-0.4, -0.2) is 41.4 Å². The second-order valence-corrected chi connectivity index (χ2v) is 6.91. The van der Waals surface area contributed by atoms with E-state index in [4.69, 9.17) is 5.11 Å². The number of anilines is 1. The van der Waals surface area contributed by atoms with Gasteiger partial charge in [-0.3, -0.25) is 14.4 Å². The third-order valence-corrected chi connectivity index (χ3v) is 4.88. The van der Waals surface area contributed by atoms with E-state index < -0.39 is 11.9 Å². The number of likely N-dealkylation sites (N-methyl/N-ethyl adjacent to an activating group) is 1. The lowest BCUT2D eigenvalue weighted by Crippen LogP contribution is -2.40. The van der Waals surface area contributed by atoms with Gasteiger partial charge in [-0.25, -0.2) is 0 Å². The number of nitrogens with one attached hydrogen (secondary N) is 1. The summed E-state index contributed by atoms with van der Waals surface area (Å²) >= 11 is 0. The Bertz CT molecular complexity index is 651. The van der Waals surface area contributed by atoms with Crippen LogP contribution in [-0.2, 0) is 14.4 Å². The van der Waals surface area contributed by atoms with Crippen molar-refractivity contribution in [2.75, 3.05) is 18.9 Å². The Hall–Kier alpha value is -2.37. The maximum absolute atomic E-state index is 12.5. The summed E-state index contributed by atoms with van der Waals surface area (Å²) in [6.45, 7) is 3.80. The highest BCUT2D eigenvalue weighted by molar-refractivity contribution is 5.96. The molecule has 0 spiro atoms. The first kappa shape index (κ1) is 19.0. The zero-order chi connectivity index (χ0) is 18.6. The zero-order valence-electron chi connectivity index (χ0n) is 15.0. The molecule has 0 heterocycles. The van der Waals surface area contributed by atoms with Gasteiger partial charge in [0.15, 0.2) is 0 Å². The number of benzene rings is 1. The number of amides is 2. The SMILES string of the molecule is Cc1cccc(C)c1NC(=O)CN(C)C(=O)C1CCCC(C(=O)O)C1. The average molecular weight is 346 g/mol. The Morgan fingerprint density at radius 2 is 1.76 bits per heavy atom. The Kier molecular flexibility index (Phi) is 6.17. The molecule has 2 amide bonds. The maximum Gasteiger partial charge on any atom is 0.306 e. The molecule has 136 valence electrons. The smallest absolute Gasteiger partial charge is 0.306 e. The van der Waals surface area contributed by atoms with Crippen LogP contribution in [0.25, 0.3) is 0 Å². The molecule has 0 bridgehead atoms. The van der Waals surface area contributed by atoms with E-state index in [0.717, 1.165) is 23.2 Å². The van der Waals surface area contributed by atoms with Crippen molar-refractivity contribution < 1.29 is 19.5 Å². The molecule has 0 aromatic heterocycles. The Morgan fingerprint density at radius 1 is 1.16 bits per heavy atom. The van der Waals surface area contributed by atoms with Crippen molar-refractivity contribution >= 4 is 23.5 Å². The summed E-state index contributed by atoms with van der Waals surface area (Å²) in [6, 6.07) is 5.77. The van der Waals surface area contributed by atoms with Gasteiger partial charge >= 0.3 is 5.97 Å².